The average Bonchev–Trinajstić information content (AvgIpc) is 2.63. The molecule has 130 valence electrons. The Hall–Kier alpha value is -3.26. The molecule has 0 atom stereocenters. The number of anilines is 1. The van der Waals surface area contributed by atoms with E-state index in [4.69, 9.17) is 0 Å². The van der Waals surface area contributed by atoms with E-state index in [2.05, 4.69) is 15.3 Å². The second-order valence-electron chi connectivity index (χ2n) is 5.37. The van der Waals surface area contributed by atoms with Crippen LogP contribution >= 0.6 is 11.8 Å². The molecule has 2 aromatic heterocycles. The topological polar surface area (TPSA) is 98.0 Å². The Labute approximate surface area is 153 Å². The molecule has 1 amide bonds. The van der Waals surface area contributed by atoms with Gasteiger partial charge in [0.2, 0.25) is 0 Å². The first-order valence-corrected chi connectivity index (χ1v) is 8.46. The summed E-state index contributed by atoms with van der Waals surface area (Å²) in [6.07, 6.45) is 3.27. The molecule has 3 aromatic rings. The minimum absolute atomic E-state index is 0.0845. The zero-order valence-electron chi connectivity index (χ0n) is 13.7. The molecule has 0 aliphatic heterocycles. The summed E-state index contributed by atoms with van der Waals surface area (Å²) in [7, 11) is 0. The van der Waals surface area contributed by atoms with Crippen molar-refractivity contribution in [3.05, 3.63) is 82.2 Å². The summed E-state index contributed by atoms with van der Waals surface area (Å²) in [4.78, 5) is 31.4. The van der Waals surface area contributed by atoms with Crippen molar-refractivity contribution in [1.29, 1.82) is 0 Å². The maximum atomic E-state index is 12.4. The van der Waals surface area contributed by atoms with Crippen molar-refractivity contribution >= 4 is 29.0 Å². The summed E-state index contributed by atoms with van der Waals surface area (Å²) in [6.45, 7) is 1.63. The Kier molecular flexibility index (Phi) is 5.23. The average molecular weight is 366 g/mol. The predicted molar refractivity (Wildman–Crippen MR) is 98.4 cm³/mol. The smallest absolute Gasteiger partial charge is 0.273 e. The number of carbonyl (C=O) groups excluding carboxylic acids is 1. The maximum absolute atomic E-state index is 12.4. The molecule has 1 N–H and O–H groups in total. The van der Waals surface area contributed by atoms with Crippen LogP contribution in [0.25, 0.3) is 0 Å². The van der Waals surface area contributed by atoms with Gasteiger partial charge in [0.15, 0.2) is 0 Å². The van der Waals surface area contributed by atoms with Crippen LogP contribution in [-0.2, 0) is 0 Å². The number of aryl methyl sites for hydroxylation is 1. The van der Waals surface area contributed by atoms with Gasteiger partial charge in [0.1, 0.15) is 10.1 Å². The van der Waals surface area contributed by atoms with Gasteiger partial charge in [-0.15, -0.1) is 0 Å². The highest BCUT2D eigenvalue weighted by Gasteiger charge is 2.15. The lowest BCUT2D eigenvalue weighted by Crippen LogP contribution is -2.12. The molecular formula is C18H14N4O3S. The predicted octanol–water partition coefficient (Wildman–Crippen LogP) is 4.10. The fourth-order valence-electron chi connectivity index (χ4n) is 2.21. The maximum Gasteiger partial charge on any atom is 0.273 e. The summed E-state index contributed by atoms with van der Waals surface area (Å²) in [5, 5.41) is 15.2. The first kappa shape index (κ1) is 17.6. The third-order valence-electron chi connectivity index (χ3n) is 3.51. The molecule has 0 saturated heterocycles. The molecule has 0 spiro atoms. The molecule has 0 aliphatic carbocycles. The van der Waals surface area contributed by atoms with Gasteiger partial charge in [-0.3, -0.25) is 14.9 Å². The van der Waals surface area contributed by atoms with Crippen molar-refractivity contribution in [1.82, 2.24) is 9.97 Å². The van der Waals surface area contributed by atoms with E-state index in [1.54, 1.807) is 43.6 Å². The normalized spacial score (nSPS) is 10.3. The lowest BCUT2D eigenvalue weighted by molar-refractivity contribution is -0.385. The van der Waals surface area contributed by atoms with Crippen LogP contribution in [0.2, 0.25) is 0 Å². The molecule has 0 radical (unpaired) electrons. The standard InChI is InChI=1S/C18H14N4O3S/c1-12-5-6-13(10-15(12)22(24)25)18(23)21-14-7-9-20-17(11-14)26-16-4-2-3-8-19-16/h2-11H,1H3,(H,20,21,23). The third-order valence-corrected chi connectivity index (χ3v) is 4.39. The van der Waals surface area contributed by atoms with Gasteiger partial charge in [-0.05, 0) is 37.3 Å². The third kappa shape index (κ3) is 4.22. The van der Waals surface area contributed by atoms with Crippen molar-refractivity contribution in [2.24, 2.45) is 0 Å². The Balaban J connectivity index is 1.77. The summed E-state index contributed by atoms with van der Waals surface area (Å²) in [5.74, 6) is -0.423. The number of hydrogen-bond donors (Lipinski definition) is 1. The Morgan fingerprint density at radius 2 is 1.88 bits per heavy atom. The van der Waals surface area contributed by atoms with Gasteiger partial charge >= 0.3 is 0 Å². The number of benzene rings is 1. The lowest BCUT2D eigenvalue weighted by Gasteiger charge is -2.07. The first-order chi connectivity index (χ1) is 12.5. The van der Waals surface area contributed by atoms with Crippen LogP contribution in [0.5, 0.6) is 0 Å². The summed E-state index contributed by atoms with van der Waals surface area (Å²) in [6, 6.07) is 13.3. The van der Waals surface area contributed by atoms with E-state index >= 15 is 0 Å². The number of pyridine rings is 2. The molecule has 8 heteroatoms. The number of nitrogens with one attached hydrogen (secondary N) is 1. The van der Waals surface area contributed by atoms with Crippen LogP contribution in [0.15, 0.2) is 71.0 Å². The number of carbonyl (C=O) groups is 1. The van der Waals surface area contributed by atoms with Crippen molar-refractivity contribution in [3.63, 3.8) is 0 Å². The van der Waals surface area contributed by atoms with E-state index < -0.39 is 10.8 Å². The van der Waals surface area contributed by atoms with Gasteiger partial charge in [-0.25, -0.2) is 9.97 Å². The zero-order chi connectivity index (χ0) is 18.5. The second-order valence-corrected chi connectivity index (χ2v) is 6.41. The molecule has 1 aromatic carbocycles. The molecular weight excluding hydrogens is 352 g/mol. The largest absolute Gasteiger partial charge is 0.322 e. The monoisotopic (exact) mass is 366 g/mol. The van der Waals surface area contributed by atoms with E-state index in [0.717, 1.165) is 5.03 Å². The second kappa shape index (κ2) is 7.75. The molecule has 7 nitrogen and oxygen atoms in total. The molecule has 3 rings (SSSR count). The van der Waals surface area contributed by atoms with Crippen LogP contribution in [0.4, 0.5) is 11.4 Å². The first-order valence-electron chi connectivity index (χ1n) is 7.64. The molecule has 0 bridgehead atoms. The highest BCUT2D eigenvalue weighted by Crippen LogP contribution is 2.26. The fourth-order valence-corrected chi connectivity index (χ4v) is 2.98. The van der Waals surface area contributed by atoms with Crippen molar-refractivity contribution in [2.75, 3.05) is 5.32 Å². The van der Waals surface area contributed by atoms with Gasteiger partial charge in [-0.1, -0.05) is 23.9 Å². The SMILES string of the molecule is Cc1ccc(C(=O)Nc2ccnc(Sc3ccccn3)c2)cc1[N+](=O)[O-]. The quantitative estimate of drug-likeness (QED) is 0.539. The number of aromatic nitrogens is 2. The molecule has 2 heterocycles. The molecule has 0 aliphatic rings. The van der Waals surface area contributed by atoms with Crippen molar-refractivity contribution < 1.29 is 9.72 Å². The number of hydrogen-bond acceptors (Lipinski definition) is 6. The minimum Gasteiger partial charge on any atom is -0.322 e. The minimum atomic E-state index is -0.500. The van der Waals surface area contributed by atoms with Crippen LogP contribution < -0.4 is 5.32 Å². The van der Waals surface area contributed by atoms with Crippen molar-refractivity contribution in [3.8, 4) is 0 Å². The summed E-state index contributed by atoms with van der Waals surface area (Å²) in [5.41, 5.74) is 1.19. The summed E-state index contributed by atoms with van der Waals surface area (Å²) < 4.78 is 0. The number of nitrogens with zero attached hydrogens (tertiary/aromatic N) is 3. The van der Waals surface area contributed by atoms with Crippen LogP contribution in [0.3, 0.4) is 0 Å². The Morgan fingerprint density at radius 1 is 1.08 bits per heavy atom. The number of nitro groups is 1. The van der Waals surface area contributed by atoms with E-state index in [1.807, 2.05) is 18.2 Å². The highest BCUT2D eigenvalue weighted by atomic mass is 32.2. The van der Waals surface area contributed by atoms with E-state index in [0.29, 0.717) is 16.3 Å². The van der Waals surface area contributed by atoms with Gasteiger partial charge < -0.3 is 5.32 Å². The highest BCUT2D eigenvalue weighted by molar-refractivity contribution is 7.99. The molecule has 0 fully saturated rings. The van der Waals surface area contributed by atoms with Gasteiger partial charge in [-0.2, -0.15) is 0 Å². The van der Waals surface area contributed by atoms with Gasteiger partial charge in [0, 0.05) is 35.3 Å². The Bertz CT molecular complexity index is 964. The van der Waals surface area contributed by atoms with E-state index in [1.165, 1.54) is 17.8 Å². The van der Waals surface area contributed by atoms with Gasteiger partial charge in [0.25, 0.3) is 11.6 Å². The van der Waals surface area contributed by atoms with Crippen molar-refractivity contribution in [2.45, 2.75) is 17.0 Å². The fraction of sp³-hybridized carbons (Fsp3) is 0.0556. The van der Waals surface area contributed by atoms with E-state index in [-0.39, 0.29) is 11.3 Å². The van der Waals surface area contributed by atoms with Crippen LogP contribution in [-0.4, -0.2) is 20.8 Å². The summed E-state index contributed by atoms with van der Waals surface area (Å²) >= 11 is 1.37. The zero-order valence-corrected chi connectivity index (χ0v) is 14.6. The van der Waals surface area contributed by atoms with E-state index in [9.17, 15) is 14.9 Å². The molecule has 0 unspecified atom stereocenters. The number of amides is 1. The van der Waals surface area contributed by atoms with Crippen LogP contribution in [0.1, 0.15) is 15.9 Å². The molecule has 0 saturated carbocycles. The number of nitro benzene ring substituents is 1. The number of rotatable bonds is 5. The lowest BCUT2D eigenvalue weighted by atomic mass is 10.1. The molecule has 26 heavy (non-hydrogen) atoms. The van der Waals surface area contributed by atoms with Crippen LogP contribution in [0, 0.1) is 17.0 Å². The van der Waals surface area contributed by atoms with Gasteiger partial charge in [0.05, 0.1) is 4.92 Å². The Morgan fingerprint density at radius 3 is 2.62 bits per heavy atom.